The van der Waals surface area contributed by atoms with Crippen LogP contribution in [0.5, 0.6) is 0 Å². The molecule has 1 aliphatic carbocycles. The zero-order chi connectivity index (χ0) is 6.97. The van der Waals surface area contributed by atoms with Crippen LogP contribution in [0, 0.1) is 0 Å². The summed E-state index contributed by atoms with van der Waals surface area (Å²) in [6.07, 6.45) is 4.28. The van der Waals surface area contributed by atoms with Gasteiger partial charge in [-0.25, -0.2) is 4.98 Å². The largest absolute Gasteiger partial charge is 0.227 e. The first-order valence-corrected chi connectivity index (χ1v) is 4.00. The average Bonchev–Trinajstić information content (AvgIpc) is 2.71. The molecule has 4 heteroatoms. The first-order chi connectivity index (χ1) is 4.86. The van der Waals surface area contributed by atoms with Gasteiger partial charge in [0.05, 0.1) is 11.9 Å². The van der Waals surface area contributed by atoms with Gasteiger partial charge in [0, 0.05) is 5.92 Å². The third-order valence-corrected chi connectivity index (χ3v) is 1.91. The Labute approximate surface area is 67.0 Å². The fraction of sp³-hybridized carbons (Fsp3) is 0.500. The lowest BCUT2D eigenvalue weighted by atomic mass is 10.3. The number of halogens is 1. The van der Waals surface area contributed by atoms with Gasteiger partial charge in [0.25, 0.3) is 0 Å². The normalized spacial score (nSPS) is 17.3. The van der Waals surface area contributed by atoms with E-state index in [0.29, 0.717) is 10.7 Å². The summed E-state index contributed by atoms with van der Waals surface area (Å²) in [6.45, 7) is 0. The molecular weight excluding hydrogens is 194 g/mol. The predicted molar refractivity (Wildman–Crippen MR) is 39.5 cm³/mol. The SMILES string of the molecule is Brc1ncc(C2CC2)nn1. The van der Waals surface area contributed by atoms with Crippen molar-refractivity contribution in [2.75, 3.05) is 0 Å². The minimum absolute atomic E-state index is 0.567. The van der Waals surface area contributed by atoms with E-state index < -0.39 is 0 Å². The lowest BCUT2D eigenvalue weighted by Gasteiger charge is -1.91. The maximum Gasteiger partial charge on any atom is 0.217 e. The monoisotopic (exact) mass is 199 g/mol. The van der Waals surface area contributed by atoms with Crippen molar-refractivity contribution in [1.29, 1.82) is 0 Å². The Morgan fingerprint density at radius 2 is 2.20 bits per heavy atom. The van der Waals surface area contributed by atoms with Crippen molar-refractivity contribution in [2.24, 2.45) is 0 Å². The van der Waals surface area contributed by atoms with E-state index in [2.05, 4.69) is 31.1 Å². The number of hydrogen-bond acceptors (Lipinski definition) is 3. The van der Waals surface area contributed by atoms with E-state index in [-0.39, 0.29) is 0 Å². The highest BCUT2D eigenvalue weighted by atomic mass is 79.9. The second-order valence-corrected chi connectivity index (χ2v) is 3.14. The van der Waals surface area contributed by atoms with Crippen LogP contribution in [-0.4, -0.2) is 15.2 Å². The standard InChI is InChI=1S/C6H6BrN3/c7-6-8-3-5(9-10-6)4-1-2-4/h3-4H,1-2H2. The van der Waals surface area contributed by atoms with Crippen LogP contribution in [0.25, 0.3) is 0 Å². The van der Waals surface area contributed by atoms with Gasteiger partial charge < -0.3 is 0 Å². The van der Waals surface area contributed by atoms with Gasteiger partial charge in [0.15, 0.2) is 0 Å². The van der Waals surface area contributed by atoms with Crippen LogP contribution in [0.15, 0.2) is 10.9 Å². The maximum absolute atomic E-state index is 3.98. The zero-order valence-corrected chi connectivity index (χ0v) is 6.87. The van der Waals surface area contributed by atoms with Crippen molar-refractivity contribution in [3.8, 4) is 0 Å². The molecule has 1 fully saturated rings. The predicted octanol–water partition coefficient (Wildman–Crippen LogP) is 1.51. The van der Waals surface area contributed by atoms with Crippen LogP contribution >= 0.6 is 15.9 Å². The van der Waals surface area contributed by atoms with Crippen LogP contribution in [-0.2, 0) is 0 Å². The highest BCUT2D eigenvalue weighted by Crippen LogP contribution is 2.38. The van der Waals surface area contributed by atoms with Crippen molar-refractivity contribution in [1.82, 2.24) is 15.2 Å². The highest BCUT2D eigenvalue weighted by molar-refractivity contribution is 9.10. The maximum atomic E-state index is 3.98. The molecule has 1 aliphatic rings. The topological polar surface area (TPSA) is 38.7 Å². The molecule has 0 radical (unpaired) electrons. The van der Waals surface area contributed by atoms with Crippen LogP contribution in [0.1, 0.15) is 24.5 Å². The van der Waals surface area contributed by atoms with Crippen molar-refractivity contribution < 1.29 is 0 Å². The van der Waals surface area contributed by atoms with Crippen molar-refractivity contribution in [3.63, 3.8) is 0 Å². The summed E-state index contributed by atoms with van der Waals surface area (Å²) in [5.41, 5.74) is 1.03. The van der Waals surface area contributed by atoms with E-state index in [0.717, 1.165) is 5.69 Å². The molecule has 10 heavy (non-hydrogen) atoms. The third kappa shape index (κ3) is 1.16. The minimum Gasteiger partial charge on any atom is -0.227 e. The number of aromatic nitrogens is 3. The number of hydrogen-bond donors (Lipinski definition) is 0. The Balaban J connectivity index is 2.28. The van der Waals surface area contributed by atoms with Gasteiger partial charge in [-0.2, -0.15) is 5.10 Å². The number of rotatable bonds is 1. The highest BCUT2D eigenvalue weighted by Gasteiger charge is 2.25. The van der Waals surface area contributed by atoms with Crippen LogP contribution in [0.2, 0.25) is 0 Å². The molecule has 1 aromatic heterocycles. The molecular formula is C6H6BrN3. The second kappa shape index (κ2) is 2.27. The van der Waals surface area contributed by atoms with E-state index >= 15 is 0 Å². The first kappa shape index (κ1) is 6.22. The van der Waals surface area contributed by atoms with Gasteiger partial charge in [0.2, 0.25) is 4.73 Å². The zero-order valence-electron chi connectivity index (χ0n) is 5.29. The Bertz CT molecular complexity index is 229. The van der Waals surface area contributed by atoms with Gasteiger partial charge in [-0.1, -0.05) is 0 Å². The van der Waals surface area contributed by atoms with Crippen molar-refractivity contribution in [2.45, 2.75) is 18.8 Å². The molecule has 0 amide bonds. The molecule has 0 N–H and O–H groups in total. The molecule has 0 bridgehead atoms. The van der Waals surface area contributed by atoms with E-state index in [1.807, 2.05) is 0 Å². The van der Waals surface area contributed by atoms with Crippen molar-refractivity contribution in [3.05, 3.63) is 16.6 Å². The summed E-state index contributed by atoms with van der Waals surface area (Å²) < 4.78 is 0.567. The summed E-state index contributed by atoms with van der Waals surface area (Å²) in [6, 6.07) is 0. The summed E-state index contributed by atoms with van der Waals surface area (Å²) in [7, 11) is 0. The molecule has 0 aromatic carbocycles. The lowest BCUT2D eigenvalue weighted by molar-refractivity contribution is 0.848. The smallest absolute Gasteiger partial charge is 0.217 e. The van der Waals surface area contributed by atoms with E-state index in [1.165, 1.54) is 12.8 Å². The molecule has 0 aliphatic heterocycles. The van der Waals surface area contributed by atoms with E-state index in [4.69, 9.17) is 0 Å². The molecule has 3 nitrogen and oxygen atoms in total. The molecule has 2 rings (SSSR count). The third-order valence-electron chi connectivity index (χ3n) is 1.55. The van der Waals surface area contributed by atoms with Gasteiger partial charge in [0.1, 0.15) is 0 Å². The fourth-order valence-corrected chi connectivity index (χ4v) is 1.02. The molecule has 0 atom stereocenters. The van der Waals surface area contributed by atoms with Gasteiger partial charge >= 0.3 is 0 Å². The summed E-state index contributed by atoms with van der Waals surface area (Å²) in [5.74, 6) is 0.646. The summed E-state index contributed by atoms with van der Waals surface area (Å²) >= 11 is 3.13. The molecule has 0 spiro atoms. The lowest BCUT2D eigenvalue weighted by Crippen LogP contribution is -1.92. The summed E-state index contributed by atoms with van der Waals surface area (Å²) in [5, 5.41) is 7.78. The van der Waals surface area contributed by atoms with Gasteiger partial charge in [-0.15, -0.1) is 5.10 Å². The molecule has 1 aromatic rings. The van der Waals surface area contributed by atoms with Gasteiger partial charge in [-0.05, 0) is 28.8 Å². The first-order valence-electron chi connectivity index (χ1n) is 3.21. The van der Waals surface area contributed by atoms with Crippen molar-refractivity contribution >= 4 is 15.9 Å². The molecule has 0 unspecified atom stereocenters. The molecule has 1 heterocycles. The van der Waals surface area contributed by atoms with Crippen LogP contribution in [0.3, 0.4) is 0 Å². The quantitative estimate of drug-likeness (QED) is 0.689. The van der Waals surface area contributed by atoms with Gasteiger partial charge in [-0.3, -0.25) is 0 Å². The second-order valence-electron chi connectivity index (χ2n) is 2.43. The molecule has 1 saturated carbocycles. The number of nitrogens with zero attached hydrogens (tertiary/aromatic N) is 3. The minimum atomic E-state index is 0.567. The molecule has 52 valence electrons. The van der Waals surface area contributed by atoms with E-state index in [1.54, 1.807) is 6.20 Å². The van der Waals surface area contributed by atoms with Crippen LogP contribution < -0.4 is 0 Å². The average molecular weight is 200 g/mol. The molecule has 0 saturated heterocycles. The van der Waals surface area contributed by atoms with Crippen LogP contribution in [0.4, 0.5) is 0 Å². The Hall–Kier alpha value is -0.510. The Kier molecular flexibility index (Phi) is 1.41. The van der Waals surface area contributed by atoms with E-state index in [9.17, 15) is 0 Å². The Morgan fingerprint density at radius 1 is 1.40 bits per heavy atom. The summed E-state index contributed by atoms with van der Waals surface area (Å²) in [4.78, 5) is 3.98. The fourth-order valence-electron chi connectivity index (χ4n) is 0.836. The Morgan fingerprint density at radius 3 is 2.70 bits per heavy atom.